The van der Waals surface area contributed by atoms with Gasteiger partial charge in [-0.15, -0.1) is 0 Å². The van der Waals surface area contributed by atoms with E-state index in [9.17, 15) is 9.59 Å². The topological polar surface area (TPSA) is 49.7 Å². The molecule has 4 nitrogen and oxygen atoms in total. The van der Waals surface area contributed by atoms with E-state index in [0.29, 0.717) is 18.0 Å². The van der Waals surface area contributed by atoms with Crippen molar-refractivity contribution in [1.82, 2.24) is 4.90 Å². The van der Waals surface area contributed by atoms with Crippen LogP contribution in [0.25, 0.3) is 5.70 Å². The molecule has 0 aromatic heterocycles. The molecule has 0 unspecified atom stereocenters. The second-order valence-electron chi connectivity index (χ2n) is 8.96. The van der Waals surface area contributed by atoms with Crippen LogP contribution in [0.4, 0.5) is 0 Å². The average molecular weight is 447 g/mol. The average Bonchev–Trinajstić information content (AvgIpc) is 3.26. The number of hydrogen-bond donors (Lipinski definition) is 0. The molecule has 0 N–H and O–H groups in total. The predicted octanol–water partition coefficient (Wildman–Crippen LogP) is 5.52. The van der Waals surface area contributed by atoms with Crippen molar-refractivity contribution in [2.45, 2.75) is 45.4 Å². The molecule has 1 amide bonds. The van der Waals surface area contributed by atoms with Crippen LogP contribution >= 0.6 is 11.8 Å². The minimum absolute atomic E-state index is 0.0344. The zero-order valence-corrected chi connectivity index (χ0v) is 19.7. The van der Waals surface area contributed by atoms with E-state index < -0.39 is 0 Å². The summed E-state index contributed by atoms with van der Waals surface area (Å²) in [6.45, 7) is 2.54. The Kier molecular flexibility index (Phi) is 6.95. The molecule has 2 aliphatic rings. The molecule has 1 saturated carbocycles. The Morgan fingerprint density at radius 3 is 2.50 bits per heavy atom. The molecule has 4 rings (SSSR count). The summed E-state index contributed by atoms with van der Waals surface area (Å²) in [7, 11) is 1.72. The number of aliphatic imine (C=N–C) groups is 1. The maximum atomic E-state index is 12.9. The van der Waals surface area contributed by atoms with Crippen LogP contribution in [-0.4, -0.2) is 35.1 Å². The fourth-order valence-corrected chi connectivity index (χ4v) is 5.91. The summed E-state index contributed by atoms with van der Waals surface area (Å²) in [5, 5.41) is 0.701. The van der Waals surface area contributed by atoms with Crippen molar-refractivity contribution in [3.05, 3.63) is 76.9 Å². The zero-order chi connectivity index (χ0) is 22.6. The zero-order valence-electron chi connectivity index (χ0n) is 18.8. The molecule has 2 aliphatic carbocycles. The Balaban J connectivity index is 1.70. The van der Waals surface area contributed by atoms with Crippen LogP contribution in [0.5, 0.6) is 0 Å². The van der Waals surface area contributed by atoms with Gasteiger partial charge in [-0.3, -0.25) is 9.59 Å². The van der Waals surface area contributed by atoms with Crippen LogP contribution in [-0.2, 0) is 22.4 Å². The Morgan fingerprint density at radius 2 is 1.78 bits per heavy atom. The van der Waals surface area contributed by atoms with Gasteiger partial charge in [-0.25, -0.2) is 4.99 Å². The fraction of sp³-hybridized carbons (Fsp3) is 0.370. The smallest absolute Gasteiger partial charge is 0.209 e. The Labute approximate surface area is 194 Å². The molecule has 0 atom stereocenters. The molecular formula is C27H30N2O2S. The van der Waals surface area contributed by atoms with Gasteiger partial charge in [0.25, 0.3) is 0 Å². The van der Waals surface area contributed by atoms with Crippen LogP contribution in [0.3, 0.4) is 0 Å². The molecule has 2 aromatic carbocycles. The third kappa shape index (κ3) is 4.88. The number of benzene rings is 2. The van der Waals surface area contributed by atoms with Crippen LogP contribution in [0, 0.1) is 5.41 Å². The number of allylic oxidation sites excluding steroid dienone is 1. The highest BCUT2D eigenvalue weighted by atomic mass is 32.2. The summed E-state index contributed by atoms with van der Waals surface area (Å²) >= 11 is 1.16. The van der Waals surface area contributed by atoms with Gasteiger partial charge in [-0.2, -0.15) is 0 Å². The molecule has 1 spiro atoms. The monoisotopic (exact) mass is 446 g/mol. The second-order valence-corrected chi connectivity index (χ2v) is 10.1. The number of hydrogen-bond acceptors (Lipinski definition) is 4. The highest BCUT2D eigenvalue weighted by Crippen LogP contribution is 2.52. The summed E-state index contributed by atoms with van der Waals surface area (Å²) in [5.74, 6) is 0. The number of carbonyl (C=O) groups excluding carboxylic acids is 2. The van der Waals surface area contributed by atoms with Crippen molar-refractivity contribution in [3.63, 3.8) is 0 Å². The third-order valence-corrected chi connectivity index (χ3v) is 7.56. The Morgan fingerprint density at radius 1 is 1.09 bits per heavy atom. The van der Waals surface area contributed by atoms with E-state index in [1.54, 1.807) is 7.05 Å². The summed E-state index contributed by atoms with van der Waals surface area (Å²) < 4.78 is 0. The van der Waals surface area contributed by atoms with Gasteiger partial charge in [-0.1, -0.05) is 67.4 Å². The van der Waals surface area contributed by atoms with E-state index in [2.05, 4.69) is 31.2 Å². The minimum atomic E-state index is 0.0344. The van der Waals surface area contributed by atoms with Crippen LogP contribution in [0.1, 0.15) is 49.3 Å². The van der Waals surface area contributed by atoms with Crippen molar-refractivity contribution >= 4 is 34.0 Å². The number of rotatable bonds is 6. The second kappa shape index (κ2) is 9.86. The molecule has 32 heavy (non-hydrogen) atoms. The molecule has 1 fully saturated rings. The lowest BCUT2D eigenvalue weighted by molar-refractivity contribution is -0.116. The van der Waals surface area contributed by atoms with Gasteiger partial charge >= 0.3 is 0 Å². The fourth-order valence-electron chi connectivity index (χ4n) is 5.00. The molecule has 166 valence electrons. The van der Waals surface area contributed by atoms with Crippen LogP contribution in [0.2, 0.25) is 0 Å². The molecule has 0 heterocycles. The molecule has 0 aliphatic heterocycles. The maximum absolute atomic E-state index is 12.9. The van der Waals surface area contributed by atoms with Gasteiger partial charge < -0.3 is 4.90 Å². The lowest BCUT2D eigenvalue weighted by atomic mass is 9.69. The van der Waals surface area contributed by atoms with Gasteiger partial charge in [0.05, 0.1) is 12.2 Å². The van der Waals surface area contributed by atoms with Crippen molar-refractivity contribution in [1.29, 1.82) is 0 Å². The van der Waals surface area contributed by atoms with Gasteiger partial charge in [0.1, 0.15) is 5.04 Å². The number of amides is 1. The molecular weight excluding hydrogens is 416 g/mol. The lowest BCUT2D eigenvalue weighted by Crippen LogP contribution is -2.27. The predicted molar refractivity (Wildman–Crippen MR) is 133 cm³/mol. The normalized spacial score (nSPS) is 17.4. The van der Waals surface area contributed by atoms with Gasteiger partial charge in [0, 0.05) is 19.0 Å². The van der Waals surface area contributed by atoms with E-state index in [-0.39, 0.29) is 10.5 Å². The third-order valence-electron chi connectivity index (χ3n) is 6.74. The molecule has 0 bridgehead atoms. The van der Waals surface area contributed by atoms with Gasteiger partial charge in [0.2, 0.25) is 6.41 Å². The van der Waals surface area contributed by atoms with E-state index >= 15 is 0 Å². The largest absolute Gasteiger partial charge is 0.342 e. The highest BCUT2D eigenvalue weighted by molar-refractivity contribution is 8.26. The maximum Gasteiger partial charge on any atom is 0.209 e. The van der Waals surface area contributed by atoms with E-state index in [1.807, 2.05) is 30.3 Å². The molecule has 0 radical (unpaired) electrons. The molecule has 2 aromatic rings. The number of fused-ring (bicyclic) bond motifs is 1. The van der Waals surface area contributed by atoms with Crippen molar-refractivity contribution in [2.75, 3.05) is 13.6 Å². The van der Waals surface area contributed by atoms with E-state index in [1.165, 1.54) is 41.7 Å². The molecule has 5 heteroatoms. The van der Waals surface area contributed by atoms with Gasteiger partial charge in [-0.05, 0) is 60.1 Å². The summed E-state index contributed by atoms with van der Waals surface area (Å²) in [4.78, 5) is 30.8. The SMILES string of the molecule is CC1=C(/N=C(\CN(C)C=O)SC(=O)Cc2ccccc2)c2ccccc2CC12CCCC2. The Hall–Kier alpha value is -2.66. The quantitative estimate of drug-likeness (QED) is 0.333. The van der Waals surface area contributed by atoms with Crippen LogP contribution < -0.4 is 0 Å². The van der Waals surface area contributed by atoms with Crippen molar-refractivity contribution < 1.29 is 9.59 Å². The Bertz CT molecular complexity index is 1050. The van der Waals surface area contributed by atoms with E-state index in [0.717, 1.165) is 41.4 Å². The van der Waals surface area contributed by atoms with Crippen molar-refractivity contribution in [3.8, 4) is 0 Å². The summed E-state index contributed by atoms with van der Waals surface area (Å²) in [5.41, 5.74) is 5.97. The standard InChI is InChI=1S/C27H30N2O2S/c1-20-26(23-13-7-6-12-22(23)17-27(20)14-8-9-15-27)28-24(18-29(2)19-30)32-25(31)16-21-10-4-3-5-11-21/h3-7,10-13,19H,8-9,14-18H2,1-2H3/b28-24+. The van der Waals surface area contributed by atoms with Gasteiger partial charge in [0.15, 0.2) is 5.12 Å². The molecule has 0 saturated heterocycles. The minimum Gasteiger partial charge on any atom is -0.342 e. The number of carbonyl (C=O) groups is 2. The summed E-state index contributed by atoms with van der Waals surface area (Å²) in [6.07, 6.45) is 7.08. The first kappa shape index (κ1) is 22.5. The first-order chi connectivity index (χ1) is 15.5. The first-order valence-corrected chi connectivity index (χ1v) is 12.1. The lowest BCUT2D eigenvalue weighted by Gasteiger charge is -2.37. The van der Waals surface area contributed by atoms with Crippen molar-refractivity contribution in [2.24, 2.45) is 10.4 Å². The van der Waals surface area contributed by atoms with E-state index in [4.69, 9.17) is 4.99 Å². The first-order valence-electron chi connectivity index (χ1n) is 11.3. The van der Waals surface area contributed by atoms with Crippen LogP contribution in [0.15, 0.2) is 65.2 Å². The number of nitrogens with zero attached hydrogens (tertiary/aromatic N) is 2. The highest BCUT2D eigenvalue weighted by Gasteiger charge is 2.40. The number of thioether (sulfide) groups is 1. The summed E-state index contributed by atoms with van der Waals surface area (Å²) in [6, 6.07) is 18.2.